The first-order chi connectivity index (χ1) is 14.7. The Hall–Kier alpha value is -3.51. The molecule has 31 heavy (non-hydrogen) atoms. The maximum absolute atomic E-state index is 12.5. The van der Waals surface area contributed by atoms with Gasteiger partial charge in [-0.1, -0.05) is 30.3 Å². The molecule has 4 amide bonds. The highest BCUT2D eigenvalue weighted by Gasteiger charge is 2.29. The molecule has 0 aromatic heterocycles. The summed E-state index contributed by atoms with van der Waals surface area (Å²) >= 11 is 0. The lowest BCUT2D eigenvalue weighted by Gasteiger charge is -2.23. The van der Waals surface area contributed by atoms with Gasteiger partial charge in [-0.15, -0.1) is 0 Å². The first-order valence-corrected chi connectivity index (χ1v) is 9.44. The molecule has 0 aliphatic heterocycles. The zero-order valence-electron chi connectivity index (χ0n) is 16.7. The van der Waals surface area contributed by atoms with E-state index in [-0.39, 0.29) is 19.3 Å². The second-order valence-electron chi connectivity index (χ2n) is 6.66. The molecule has 3 unspecified atom stereocenters. The van der Waals surface area contributed by atoms with Crippen LogP contribution in [0.15, 0.2) is 30.3 Å². The molecule has 0 fully saturated rings. The van der Waals surface area contributed by atoms with Gasteiger partial charge in [0.05, 0.1) is 13.2 Å². The maximum atomic E-state index is 12.5. The zero-order valence-corrected chi connectivity index (χ0v) is 16.7. The van der Waals surface area contributed by atoms with E-state index in [2.05, 4.69) is 16.0 Å². The van der Waals surface area contributed by atoms with Crippen LogP contribution in [0.3, 0.4) is 0 Å². The van der Waals surface area contributed by atoms with Crippen molar-refractivity contribution in [3.63, 3.8) is 0 Å². The van der Waals surface area contributed by atoms with Gasteiger partial charge in [-0.25, -0.2) is 4.79 Å². The predicted molar refractivity (Wildman–Crippen MR) is 108 cm³/mol. The summed E-state index contributed by atoms with van der Waals surface area (Å²) in [5, 5.41) is 25.7. The van der Waals surface area contributed by atoms with Crippen molar-refractivity contribution in [1.82, 2.24) is 16.0 Å². The smallest absolute Gasteiger partial charge is 0.326 e. The van der Waals surface area contributed by atoms with Crippen molar-refractivity contribution >= 4 is 29.6 Å². The number of hydrogen-bond acceptors (Lipinski definition) is 7. The summed E-state index contributed by atoms with van der Waals surface area (Å²) in [7, 11) is 0. The fourth-order valence-electron chi connectivity index (χ4n) is 2.60. The Balaban J connectivity index is 2.82. The highest BCUT2D eigenvalue weighted by Crippen LogP contribution is 2.04. The molecular formula is C19H27N5O7. The minimum atomic E-state index is -1.49. The minimum absolute atomic E-state index is 0.0121. The third kappa shape index (κ3) is 9.23. The second-order valence-corrected chi connectivity index (χ2v) is 6.66. The van der Waals surface area contributed by atoms with Gasteiger partial charge < -0.3 is 37.6 Å². The van der Waals surface area contributed by atoms with Crippen molar-refractivity contribution in [2.24, 2.45) is 11.5 Å². The van der Waals surface area contributed by atoms with E-state index >= 15 is 0 Å². The molecule has 0 bridgehead atoms. The van der Waals surface area contributed by atoms with E-state index in [0.29, 0.717) is 5.56 Å². The van der Waals surface area contributed by atoms with Crippen LogP contribution in [-0.2, 0) is 30.4 Å². The fraction of sp³-hybridized carbons (Fsp3) is 0.421. The average Bonchev–Trinajstić information content (AvgIpc) is 2.74. The van der Waals surface area contributed by atoms with Crippen LogP contribution in [0, 0.1) is 0 Å². The van der Waals surface area contributed by atoms with Gasteiger partial charge in [-0.05, 0) is 12.0 Å². The van der Waals surface area contributed by atoms with Crippen molar-refractivity contribution in [2.45, 2.75) is 37.4 Å². The molecule has 1 aromatic carbocycles. The average molecular weight is 437 g/mol. The molecule has 0 saturated carbocycles. The van der Waals surface area contributed by atoms with Gasteiger partial charge in [-0.2, -0.15) is 0 Å². The number of carboxylic acid groups (broad SMARTS) is 1. The molecule has 0 radical (unpaired) electrons. The van der Waals surface area contributed by atoms with Crippen LogP contribution in [0.4, 0.5) is 0 Å². The molecule has 3 atom stereocenters. The number of primary amides is 1. The first kappa shape index (κ1) is 25.5. The van der Waals surface area contributed by atoms with E-state index in [1.165, 1.54) is 0 Å². The summed E-state index contributed by atoms with van der Waals surface area (Å²) in [6.45, 7) is -1.24. The molecule has 170 valence electrons. The molecule has 0 aliphatic rings. The highest BCUT2D eigenvalue weighted by molar-refractivity contribution is 5.94. The number of aliphatic carboxylic acids is 1. The molecule has 0 saturated heterocycles. The molecule has 0 aliphatic carbocycles. The Bertz CT molecular complexity index is 787. The molecular weight excluding hydrogens is 410 g/mol. The number of nitrogens with one attached hydrogen (secondary N) is 3. The summed E-state index contributed by atoms with van der Waals surface area (Å²) < 4.78 is 0. The summed E-state index contributed by atoms with van der Waals surface area (Å²) in [5.74, 6) is -4.48. The standard InChI is InChI=1S/C19H27N5O7/c20-9-16(27)22-12(6-7-15(21)26)17(28)24-14(10-25)18(29)23-13(19(30)31)8-11-4-2-1-3-5-11/h1-5,12-14,25H,6-10,20H2,(H2,21,26)(H,22,27)(H,23,29)(H,24,28)(H,30,31). The van der Waals surface area contributed by atoms with E-state index in [1.807, 2.05) is 0 Å². The Kier molecular flexibility index (Phi) is 10.6. The number of benzene rings is 1. The van der Waals surface area contributed by atoms with Crippen LogP contribution < -0.4 is 27.4 Å². The predicted octanol–water partition coefficient (Wildman–Crippen LogP) is -3.02. The van der Waals surface area contributed by atoms with Crippen molar-refractivity contribution in [2.75, 3.05) is 13.2 Å². The number of amides is 4. The molecule has 0 spiro atoms. The number of nitrogens with two attached hydrogens (primary N) is 2. The minimum Gasteiger partial charge on any atom is -0.480 e. The Morgan fingerprint density at radius 2 is 1.48 bits per heavy atom. The number of aliphatic hydroxyl groups is 1. The normalized spacial score (nSPS) is 13.4. The van der Waals surface area contributed by atoms with E-state index in [0.717, 1.165) is 0 Å². The van der Waals surface area contributed by atoms with Gasteiger partial charge >= 0.3 is 5.97 Å². The van der Waals surface area contributed by atoms with Crippen LogP contribution in [-0.4, -0.2) is 71.1 Å². The van der Waals surface area contributed by atoms with Crippen molar-refractivity contribution in [3.8, 4) is 0 Å². The maximum Gasteiger partial charge on any atom is 0.326 e. The van der Waals surface area contributed by atoms with E-state index < -0.39 is 60.9 Å². The summed E-state index contributed by atoms with van der Waals surface area (Å²) in [5.41, 5.74) is 10.9. The first-order valence-electron chi connectivity index (χ1n) is 9.44. The summed E-state index contributed by atoms with van der Waals surface area (Å²) in [6, 6.07) is 4.55. The Morgan fingerprint density at radius 1 is 0.903 bits per heavy atom. The van der Waals surface area contributed by atoms with E-state index in [1.54, 1.807) is 30.3 Å². The number of carboxylic acids is 1. The van der Waals surface area contributed by atoms with Crippen molar-refractivity contribution < 1.29 is 34.2 Å². The number of hydrogen-bond donors (Lipinski definition) is 7. The SMILES string of the molecule is NCC(=O)NC(CCC(N)=O)C(=O)NC(CO)C(=O)NC(Cc1ccccc1)C(=O)O. The lowest BCUT2D eigenvalue weighted by molar-refractivity contribution is -0.142. The topological polar surface area (TPSA) is 214 Å². The van der Waals surface area contributed by atoms with Gasteiger partial charge in [0.1, 0.15) is 18.1 Å². The number of rotatable bonds is 13. The largest absolute Gasteiger partial charge is 0.480 e. The second kappa shape index (κ2) is 12.9. The Morgan fingerprint density at radius 3 is 2.00 bits per heavy atom. The van der Waals surface area contributed by atoms with Crippen LogP contribution in [0.2, 0.25) is 0 Å². The van der Waals surface area contributed by atoms with Crippen molar-refractivity contribution in [1.29, 1.82) is 0 Å². The van der Waals surface area contributed by atoms with Gasteiger partial charge in [0, 0.05) is 12.8 Å². The Labute approximate surface area is 178 Å². The molecule has 1 aromatic rings. The third-order valence-electron chi connectivity index (χ3n) is 4.23. The zero-order chi connectivity index (χ0) is 23.4. The molecule has 12 nitrogen and oxygen atoms in total. The van der Waals surface area contributed by atoms with Gasteiger partial charge in [0.25, 0.3) is 0 Å². The van der Waals surface area contributed by atoms with Gasteiger partial charge in [0.2, 0.25) is 23.6 Å². The molecule has 0 heterocycles. The van der Waals surface area contributed by atoms with Gasteiger partial charge in [0.15, 0.2) is 0 Å². The quantitative estimate of drug-likeness (QED) is 0.168. The monoisotopic (exact) mass is 437 g/mol. The summed E-state index contributed by atoms with van der Waals surface area (Å²) in [6.07, 6.45) is -0.392. The highest BCUT2D eigenvalue weighted by atomic mass is 16.4. The lowest BCUT2D eigenvalue weighted by atomic mass is 10.1. The van der Waals surface area contributed by atoms with E-state index in [4.69, 9.17) is 11.5 Å². The number of carbonyl (C=O) groups excluding carboxylic acids is 4. The lowest BCUT2D eigenvalue weighted by Crippen LogP contribution is -2.57. The van der Waals surface area contributed by atoms with Crippen LogP contribution in [0.1, 0.15) is 18.4 Å². The van der Waals surface area contributed by atoms with Crippen LogP contribution in [0.5, 0.6) is 0 Å². The van der Waals surface area contributed by atoms with Crippen LogP contribution in [0.25, 0.3) is 0 Å². The number of aliphatic hydroxyl groups excluding tert-OH is 1. The van der Waals surface area contributed by atoms with Crippen molar-refractivity contribution in [3.05, 3.63) is 35.9 Å². The summed E-state index contributed by atoms with van der Waals surface area (Å²) in [4.78, 5) is 59.0. The van der Waals surface area contributed by atoms with E-state index in [9.17, 15) is 34.2 Å². The third-order valence-corrected chi connectivity index (χ3v) is 4.23. The van der Waals surface area contributed by atoms with Crippen LogP contribution >= 0.6 is 0 Å². The van der Waals surface area contributed by atoms with Gasteiger partial charge in [-0.3, -0.25) is 19.2 Å². The molecule has 12 heteroatoms. The molecule has 1 rings (SSSR count). The number of carbonyl (C=O) groups is 5. The fourth-order valence-corrected chi connectivity index (χ4v) is 2.60. The molecule has 9 N–H and O–H groups in total.